The topological polar surface area (TPSA) is 63.1 Å². The van der Waals surface area contributed by atoms with Crippen LogP contribution < -0.4 is 10.6 Å². The predicted molar refractivity (Wildman–Crippen MR) is 99.8 cm³/mol. The van der Waals surface area contributed by atoms with Crippen LogP contribution in [0.4, 0.5) is 4.39 Å². The summed E-state index contributed by atoms with van der Waals surface area (Å²) < 4.78 is 16.7. The lowest BCUT2D eigenvalue weighted by atomic mass is 10.1. The average Bonchev–Trinajstić information content (AvgIpc) is 2.78. The van der Waals surface area contributed by atoms with E-state index in [1.807, 2.05) is 6.92 Å². The number of rotatable bonds is 2. The Labute approximate surface area is 157 Å². The molecule has 2 heterocycles. The van der Waals surface area contributed by atoms with Crippen LogP contribution in [0.15, 0.2) is 34.3 Å². The molecule has 5 nitrogen and oxygen atoms in total. The van der Waals surface area contributed by atoms with E-state index in [4.69, 9.17) is 12.2 Å². The van der Waals surface area contributed by atoms with Crippen molar-refractivity contribution in [3.05, 3.63) is 57.1 Å². The van der Waals surface area contributed by atoms with E-state index in [0.717, 1.165) is 5.69 Å². The molecule has 0 atom stereocenters. The Kier molecular flexibility index (Phi) is 4.57. The number of nitrogens with one attached hydrogen (secondary N) is 2. The highest BCUT2D eigenvalue weighted by molar-refractivity contribution is 9.10. The van der Waals surface area contributed by atoms with Crippen molar-refractivity contribution in [3.8, 4) is 5.69 Å². The van der Waals surface area contributed by atoms with Crippen molar-refractivity contribution < 1.29 is 14.0 Å². The van der Waals surface area contributed by atoms with Gasteiger partial charge in [-0.05, 0) is 62.0 Å². The first-order valence-electron chi connectivity index (χ1n) is 7.30. The number of aromatic nitrogens is 1. The van der Waals surface area contributed by atoms with Gasteiger partial charge in [0.2, 0.25) is 0 Å². The lowest BCUT2D eigenvalue weighted by Gasteiger charge is -2.16. The largest absolute Gasteiger partial charge is 0.315 e. The number of amides is 2. The quantitative estimate of drug-likeness (QED) is 0.445. The van der Waals surface area contributed by atoms with Gasteiger partial charge < -0.3 is 4.57 Å². The van der Waals surface area contributed by atoms with Gasteiger partial charge in [0.1, 0.15) is 11.4 Å². The minimum absolute atomic E-state index is 0.0189. The molecule has 1 saturated heterocycles. The van der Waals surface area contributed by atoms with Crippen LogP contribution in [-0.2, 0) is 9.59 Å². The molecule has 0 saturated carbocycles. The highest BCUT2D eigenvalue weighted by Crippen LogP contribution is 2.26. The predicted octanol–water partition coefficient (Wildman–Crippen LogP) is 2.91. The Bertz CT molecular complexity index is 943. The zero-order valence-electron chi connectivity index (χ0n) is 13.3. The standard InChI is InChI=1S/C17H13BrFN3O2S/c1-8-5-10(6-12-15(23)20-17(25)21-16(12)24)9(2)22(8)14-4-3-11(18)7-13(14)19/h3-7H,1-2H3,(H2,20,21,23,24,25). The summed E-state index contributed by atoms with van der Waals surface area (Å²) in [7, 11) is 0. The molecule has 8 heteroatoms. The van der Waals surface area contributed by atoms with Gasteiger partial charge in [0.05, 0.1) is 5.69 Å². The molecule has 0 spiro atoms. The first-order valence-corrected chi connectivity index (χ1v) is 8.51. The van der Waals surface area contributed by atoms with Gasteiger partial charge in [0.25, 0.3) is 11.8 Å². The Balaban J connectivity index is 2.09. The molecular weight excluding hydrogens is 409 g/mol. The van der Waals surface area contributed by atoms with Gasteiger partial charge >= 0.3 is 0 Å². The van der Waals surface area contributed by atoms with Gasteiger partial charge in [-0.1, -0.05) is 15.9 Å². The lowest BCUT2D eigenvalue weighted by Crippen LogP contribution is -2.51. The van der Waals surface area contributed by atoms with Gasteiger partial charge in [-0.2, -0.15) is 0 Å². The molecule has 3 rings (SSSR count). The molecule has 128 valence electrons. The van der Waals surface area contributed by atoms with Crippen molar-refractivity contribution in [2.75, 3.05) is 0 Å². The van der Waals surface area contributed by atoms with Gasteiger partial charge in [-0.25, -0.2) is 4.39 Å². The Morgan fingerprint density at radius 3 is 2.40 bits per heavy atom. The van der Waals surface area contributed by atoms with Crippen LogP contribution >= 0.6 is 28.1 Å². The first-order chi connectivity index (χ1) is 11.8. The Morgan fingerprint density at radius 1 is 1.16 bits per heavy atom. The summed E-state index contributed by atoms with van der Waals surface area (Å²) in [5, 5.41) is 4.76. The summed E-state index contributed by atoms with van der Waals surface area (Å²) in [4.78, 5) is 24.0. The minimum atomic E-state index is -0.562. The van der Waals surface area contributed by atoms with E-state index < -0.39 is 11.8 Å². The number of hydrogen-bond acceptors (Lipinski definition) is 3. The summed E-state index contributed by atoms with van der Waals surface area (Å²) in [5.41, 5.74) is 2.47. The molecule has 1 fully saturated rings. The van der Waals surface area contributed by atoms with E-state index in [0.29, 0.717) is 21.4 Å². The molecule has 0 radical (unpaired) electrons. The third kappa shape index (κ3) is 3.27. The molecule has 1 aliphatic heterocycles. The van der Waals surface area contributed by atoms with Crippen molar-refractivity contribution in [1.29, 1.82) is 0 Å². The highest BCUT2D eigenvalue weighted by atomic mass is 79.9. The van der Waals surface area contributed by atoms with E-state index in [1.54, 1.807) is 29.7 Å². The monoisotopic (exact) mass is 421 g/mol. The third-order valence-electron chi connectivity index (χ3n) is 3.86. The number of aryl methyl sites for hydroxylation is 1. The van der Waals surface area contributed by atoms with Crippen molar-refractivity contribution in [2.24, 2.45) is 0 Å². The maximum absolute atomic E-state index is 14.3. The second-order valence-corrected chi connectivity index (χ2v) is 6.88. The maximum Gasteiger partial charge on any atom is 0.263 e. The molecule has 0 bridgehead atoms. The first kappa shape index (κ1) is 17.5. The molecule has 1 aromatic heterocycles. The number of carbonyl (C=O) groups is 2. The second kappa shape index (κ2) is 6.53. The summed E-state index contributed by atoms with van der Waals surface area (Å²) in [5.74, 6) is -1.50. The normalized spacial score (nSPS) is 14.4. The zero-order valence-corrected chi connectivity index (χ0v) is 15.7. The number of hydrogen-bond donors (Lipinski definition) is 2. The fraction of sp³-hybridized carbons (Fsp3) is 0.118. The summed E-state index contributed by atoms with van der Waals surface area (Å²) in [6.07, 6.45) is 1.47. The summed E-state index contributed by atoms with van der Waals surface area (Å²) in [6, 6.07) is 6.58. The van der Waals surface area contributed by atoms with Gasteiger partial charge in [0, 0.05) is 15.9 Å². The second-order valence-electron chi connectivity index (χ2n) is 5.55. The van der Waals surface area contributed by atoms with E-state index >= 15 is 0 Å². The summed E-state index contributed by atoms with van der Waals surface area (Å²) in [6.45, 7) is 3.62. The Morgan fingerprint density at radius 2 is 1.80 bits per heavy atom. The summed E-state index contributed by atoms with van der Waals surface area (Å²) >= 11 is 8.01. The highest BCUT2D eigenvalue weighted by Gasteiger charge is 2.26. The molecule has 0 unspecified atom stereocenters. The number of benzene rings is 1. The molecule has 0 aliphatic carbocycles. The van der Waals surface area contributed by atoms with E-state index in [-0.39, 0.29) is 16.5 Å². The zero-order chi connectivity index (χ0) is 18.3. The van der Waals surface area contributed by atoms with E-state index in [9.17, 15) is 14.0 Å². The van der Waals surface area contributed by atoms with Gasteiger partial charge in [0.15, 0.2) is 5.11 Å². The number of nitrogens with zero attached hydrogens (tertiary/aromatic N) is 1. The molecule has 2 aromatic rings. The maximum atomic E-state index is 14.3. The minimum Gasteiger partial charge on any atom is -0.315 e. The van der Waals surface area contributed by atoms with Crippen LogP contribution in [0.1, 0.15) is 17.0 Å². The van der Waals surface area contributed by atoms with E-state index in [1.165, 1.54) is 12.1 Å². The molecule has 1 aromatic carbocycles. The van der Waals surface area contributed by atoms with Crippen LogP contribution in [0.2, 0.25) is 0 Å². The fourth-order valence-corrected chi connectivity index (χ4v) is 3.25. The average molecular weight is 422 g/mol. The number of carbonyl (C=O) groups excluding carboxylic acids is 2. The molecular formula is C17H13BrFN3O2S. The molecule has 2 amide bonds. The SMILES string of the molecule is Cc1cc(C=C2C(=O)NC(=S)NC2=O)c(C)n1-c1ccc(Br)cc1F. The van der Waals surface area contributed by atoms with Gasteiger partial charge in [-0.15, -0.1) is 0 Å². The van der Waals surface area contributed by atoms with Crippen molar-refractivity contribution in [3.63, 3.8) is 0 Å². The van der Waals surface area contributed by atoms with Crippen LogP contribution in [-0.4, -0.2) is 21.5 Å². The van der Waals surface area contributed by atoms with Crippen molar-refractivity contribution >= 4 is 51.2 Å². The van der Waals surface area contributed by atoms with Crippen LogP contribution in [0.3, 0.4) is 0 Å². The fourth-order valence-electron chi connectivity index (χ4n) is 2.73. The third-order valence-corrected chi connectivity index (χ3v) is 4.56. The van der Waals surface area contributed by atoms with E-state index in [2.05, 4.69) is 26.6 Å². The molecule has 1 aliphatic rings. The smallest absolute Gasteiger partial charge is 0.263 e. The molecule has 2 N–H and O–H groups in total. The Hall–Kier alpha value is -2.32. The van der Waals surface area contributed by atoms with Crippen LogP contribution in [0.5, 0.6) is 0 Å². The molecule has 25 heavy (non-hydrogen) atoms. The lowest BCUT2D eigenvalue weighted by molar-refractivity contribution is -0.123. The van der Waals surface area contributed by atoms with Crippen molar-refractivity contribution in [1.82, 2.24) is 15.2 Å². The number of thiocarbonyl (C=S) groups is 1. The van der Waals surface area contributed by atoms with Crippen LogP contribution in [0.25, 0.3) is 11.8 Å². The van der Waals surface area contributed by atoms with Crippen LogP contribution in [0, 0.1) is 19.7 Å². The van der Waals surface area contributed by atoms with Gasteiger partial charge in [-0.3, -0.25) is 20.2 Å². The number of halogens is 2. The van der Waals surface area contributed by atoms with Crippen molar-refractivity contribution in [2.45, 2.75) is 13.8 Å².